The summed E-state index contributed by atoms with van der Waals surface area (Å²) in [6, 6.07) is 0. The number of hydrogen-bond acceptors (Lipinski definition) is 0. The number of rotatable bonds is 8. The second-order valence-corrected chi connectivity index (χ2v) is 13.8. The van der Waals surface area contributed by atoms with E-state index in [1.54, 1.807) is 0 Å². The first-order valence-corrected chi connectivity index (χ1v) is 12.6. The zero-order chi connectivity index (χ0) is 18.9. The van der Waals surface area contributed by atoms with Crippen LogP contribution in [-0.4, -0.2) is 0 Å². The molecule has 0 nitrogen and oxygen atoms in total. The van der Waals surface area contributed by atoms with Crippen molar-refractivity contribution in [2.24, 2.45) is 22.7 Å². The maximum Gasteiger partial charge on any atom is -1.00 e. The molecule has 0 radical (unpaired) electrons. The van der Waals surface area contributed by atoms with Crippen molar-refractivity contribution in [3.05, 3.63) is 48.6 Å². The van der Waals surface area contributed by atoms with Crippen molar-refractivity contribution in [1.29, 1.82) is 0 Å². The monoisotopic (exact) mass is 486 g/mol. The van der Waals surface area contributed by atoms with Crippen LogP contribution in [0.3, 0.4) is 0 Å². The summed E-state index contributed by atoms with van der Waals surface area (Å²) in [7, 11) is 0. The smallest absolute Gasteiger partial charge is 1.00 e. The predicted octanol–water partition coefficient (Wildman–Crippen LogP) is 1.79. The van der Waals surface area contributed by atoms with Crippen molar-refractivity contribution >= 4 is 0 Å². The zero-order valence-electron chi connectivity index (χ0n) is 18.4. The van der Waals surface area contributed by atoms with Crippen molar-refractivity contribution in [2.75, 3.05) is 0 Å². The standard InChI is InChI=1S/2C12H19.2ClH.Zr/c2*1-5-12(4,10(2)3)11-8-6-7-9-11;;;/h2*6-10H,5H2,1-4H3;2*1H;/q;;;;+2/p-2. The van der Waals surface area contributed by atoms with E-state index < -0.39 is 23.2 Å². The Bertz CT molecular complexity index is 524. The quantitative estimate of drug-likeness (QED) is 0.489. The van der Waals surface area contributed by atoms with Gasteiger partial charge in [-0.2, -0.15) is 0 Å². The summed E-state index contributed by atoms with van der Waals surface area (Å²) in [5.74, 6) is 1.37. The van der Waals surface area contributed by atoms with E-state index in [-0.39, 0.29) is 24.8 Å². The Labute approximate surface area is 192 Å². The molecule has 0 aliphatic heterocycles. The molecular weight excluding hydrogens is 450 g/mol. The van der Waals surface area contributed by atoms with Crippen molar-refractivity contribution in [3.8, 4) is 0 Å². The molecule has 3 heteroatoms. The first kappa shape index (κ1) is 27.4. The van der Waals surface area contributed by atoms with E-state index in [4.69, 9.17) is 0 Å². The van der Waals surface area contributed by atoms with Gasteiger partial charge in [-0.3, -0.25) is 0 Å². The van der Waals surface area contributed by atoms with Crippen LogP contribution in [0.1, 0.15) is 68.2 Å². The number of hydrogen-bond donors (Lipinski definition) is 0. The summed E-state index contributed by atoms with van der Waals surface area (Å²) in [5, 5.41) is 0. The first-order chi connectivity index (χ1) is 11.6. The molecule has 2 aliphatic carbocycles. The average Bonchev–Trinajstić information content (AvgIpc) is 3.24. The SMILES string of the molecule is CCC(C)(C(C)C)[C]1([Zr+2][C]2(C(C)(CC)C(C)C)C=CC=C2)C=CC=C1.[Cl-].[Cl-]. The molecule has 152 valence electrons. The summed E-state index contributed by atoms with van der Waals surface area (Å²) in [6.45, 7) is 19.6. The van der Waals surface area contributed by atoms with E-state index in [1.807, 2.05) is 0 Å². The van der Waals surface area contributed by atoms with Crippen LogP contribution in [-0.2, 0) is 23.2 Å². The van der Waals surface area contributed by atoms with Gasteiger partial charge in [-0.15, -0.1) is 0 Å². The van der Waals surface area contributed by atoms with E-state index >= 15 is 0 Å². The molecule has 27 heavy (non-hydrogen) atoms. The normalized spacial score (nSPS) is 22.9. The van der Waals surface area contributed by atoms with E-state index in [1.165, 1.54) is 12.8 Å². The fraction of sp³-hybridized carbons (Fsp3) is 0.667. The van der Waals surface area contributed by atoms with Crippen LogP contribution >= 0.6 is 0 Å². The van der Waals surface area contributed by atoms with Gasteiger partial charge >= 0.3 is 169 Å². The van der Waals surface area contributed by atoms with E-state index in [2.05, 4.69) is 104 Å². The molecule has 0 N–H and O–H groups in total. The topological polar surface area (TPSA) is 0 Å². The van der Waals surface area contributed by atoms with Gasteiger partial charge in [0.25, 0.3) is 0 Å². The summed E-state index contributed by atoms with van der Waals surface area (Å²) < 4.78 is 0.591. The minimum absolute atomic E-state index is 0. The van der Waals surface area contributed by atoms with Gasteiger partial charge < -0.3 is 24.8 Å². The molecule has 0 spiro atoms. The minimum atomic E-state index is -0.890. The van der Waals surface area contributed by atoms with Crippen LogP contribution in [0.25, 0.3) is 0 Å². The van der Waals surface area contributed by atoms with Gasteiger partial charge in [-0.1, -0.05) is 0 Å². The third-order valence-electron chi connectivity index (χ3n) is 7.98. The van der Waals surface area contributed by atoms with E-state index in [0.29, 0.717) is 28.9 Å². The molecule has 2 atom stereocenters. The zero-order valence-corrected chi connectivity index (χ0v) is 22.4. The Morgan fingerprint density at radius 2 is 0.926 bits per heavy atom. The molecular formula is C24H38Cl2Zr. The van der Waals surface area contributed by atoms with Gasteiger partial charge in [-0.05, 0) is 0 Å². The summed E-state index contributed by atoms with van der Waals surface area (Å²) in [4.78, 5) is 0. The fourth-order valence-corrected chi connectivity index (χ4v) is 12.0. The van der Waals surface area contributed by atoms with Crippen LogP contribution < -0.4 is 24.8 Å². The van der Waals surface area contributed by atoms with Gasteiger partial charge in [0.15, 0.2) is 0 Å². The maximum atomic E-state index is 2.58. The first-order valence-electron chi connectivity index (χ1n) is 10.2. The number of halogens is 2. The van der Waals surface area contributed by atoms with Gasteiger partial charge in [0.2, 0.25) is 0 Å². The molecule has 0 fully saturated rings. The van der Waals surface area contributed by atoms with Gasteiger partial charge in [0, 0.05) is 0 Å². The molecule has 2 aliphatic rings. The van der Waals surface area contributed by atoms with Gasteiger partial charge in [0.1, 0.15) is 0 Å². The van der Waals surface area contributed by atoms with Crippen molar-refractivity contribution in [2.45, 2.75) is 74.5 Å². The third-order valence-corrected chi connectivity index (χ3v) is 14.5. The van der Waals surface area contributed by atoms with Crippen LogP contribution in [0.15, 0.2) is 48.6 Å². The van der Waals surface area contributed by atoms with E-state index in [9.17, 15) is 0 Å². The molecule has 0 aromatic heterocycles. The largest absolute Gasteiger partial charge is 1.00 e. The molecule has 0 saturated carbocycles. The van der Waals surface area contributed by atoms with Gasteiger partial charge in [-0.25, -0.2) is 0 Å². The molecule has 0 saturated heterocycles. The van der Waals surface area contributed by atoms with Crippen molar-refractivity contribution < 1.29 is 48.0 Å². The van der Waals surface area contributed by atoms with E-state index in [0.717, 1.165) is 0 Å². The Hall–Kier alpha value is 0.423. The summed E-state index contributed by atoms with van der Waals surface area (Å²) in [6.07, 6.45) is 22.1. The summed E-state index contributed by atoms with van der Waals surface area (Å²) >= 11 is -0.890. The second kappa shape index (κ2) is 9.95. The molecule has 2 unspecified atom stereocenters. The molecule has 0 amide bonds. The van der Waals surface area contributed by atoms with Crippen molar-refractivity contribution in [3.63, 3.8) is 0 Å². The molecule has 0 aromatic rings. The van der Waals surface area contributed by atoms with Crippen LogP contribution in [0.2, 0.25) is 6.25 Å². The minimum Gasteiger partial charge on any atom is -1.00 e. The molecule has 0 heterocycles. The number of allylic oxidation sites excluding steroid dienone is 8. The third kappa shape index (κ3) is 4.32. The Balaban J connectivity index is 0.00000338. The maximum absolute atomic E-state index is 2.58. The van der Waals surface area contributed by atoms with Crippen LogP contribution in [0.4, 0.5) is 0 Å². The van der Waals surface area contributed by atoms with Gasteiger partial charge in [0.05, 0.1) is 0 Å². The Morgan fingerprint density at radius 1 is 0.667 bits per heavy atom. The molecule has 0 aromatic carbocycles. The van der Waals surface area contributed by atoms with Crippen LogP contribution in [0, 0.1) is 22.7 Å². The van der Waals surface area contributed by atoms with Crippen LogP contribution in [0.5, 0.6) is 0 Å². The Kier molecular flexibility index (Phi) is 10.1. The molecule has 2 rings (SSSR count). The summed E-state index contributed by atoms with van der Waals surface area (Å²) in [5.41, 5.74) is 0.678. The average molecular weight is 489 g/mol. The fourth-order valence-electron chi connectivity index (χ4n) is 4.85. The Morgan fingerprint density at radius 3 is 1.11 bits per heavy atom. The predicted molar refractivity (Wildman–Crippen MR) is 108 cm³/mol. The molecule has 0 bridgehead atoms. The second-order valence-electron chi connectivity index (χ2n) is 9.15. The van der Waals surface area contributed by atoms with Crippen molar-refractivity contribution in [1.82, 2.24) is 0 Å².